The lowest BCUT2D eigenvalue weighted by Crippen LogP contribution is -2.37. The van der Waals surface area contributed by atoms with Crippen molar-refractivity contribution < 1.29 is 8.78 Å². The van der Waals surface area contributed by atoms with Gasteiger partial charge in [-0.1, -0.05) is 39.8 Å². The molecule has 0 atom stereocenters. The first-order valence-corrected chi connectivity index (χ1v) is 7.49. The summed E-state index contributed by atoms with van der Waals surface area (Å²) in [6.07, 6.45) is 0. The van der Waals surface area contributed by atoms with Crippen molar-refractivity contribution in [2.45, 2.75) is 33.1 Å². The molecule has 1 aliphatic carbocycles. The van der Waals surface area contributed by atoms with Crippen LogP contribution in [-0.2, 0) is 5.41 Å². The van der Waals surface area contributed by atoms with Gasteiger partial charge in [-0.05, 0) is 58.4 Å². The molecule has 0 bridgehead atoms. The van der Waals surface area contributed by atoms with E-state index in [1.54, 1.807) is 12.1 Å². The molecule has 0 unspecified atom stereocenters. The van der Waals surface area contributed by atoms with Crippen LogP contribution in [0.4, 0.5) is 8.78 Å². The van der Waals surface area contributed by atoms with Crippen molar-refractivity contribution in [1.29, 1.82) is 0 Å². The maximum absolute atomic E-state index is 13.9. The number of hydrogen-bond acceptors (Lipinski definition) is 0. The maximum atomic E-state index is 13.9. The highest BCUT2D eigenvalue weighted by molar-refractivity contribution is 5.81. The monoisotopic (exact) mass is 286 g/mol. The largest absolute Gasteiger partial charge is 0.207 e. The van der Waals surface area contributed by atoms with E-state index < -0.39 is 0 Å². The van der Waals surface area contributed by atoms with Crippen molar-refractivity contribution in [2.75, 3.05) is 0 Å². The van der Waals surface area contributed by atoms with Gasteiger partial charge >= 0.3 is 0 Å². The lowest BCUT2D eigenvalue weighted by atomic mass is 9.63. The van der Waals surface area contributed by atoms with Crippen LogP contribution in [0.3, 0.4) is 0 Å². The van der Waals surface area contributed by atoms with Crippen LogP contribution in [0.2, 0.25) is 0 Å². The molecule has 0 fully saturated rings. The lowest BCUT2D eigenvalue weighted by molar-refractivity contribution is 0.279. The summed E-state index contributed by atoms with van der Waals surface area (Å²) in [6.45, 7) is 8.53. The summed E-state index contributed by atoms with van der Waals surface area (Å²) < 4.78 is 27.7. The molecule has 0 amide bonds. The minimum atomic E-state index is -0.338. The Morgan fingerprint density at radius 1 is 0.714 bits per heavy atom. The highest BCUT2D eigenvalue weighted by atomic mass is 19.1. The molecule has 3 rings (SSSR count). The zero-order valence-electron chi connectivity index (χ0n) is 12.9. The Balaban J connectivity index is 2.44. The van der Waals surface area contributed by atoms with Crippen LogP contribution in [0.25, 0.3) is 11.1 Å². The Morgan fingerprint density at radius 2 is 1.10 bits per heavy atom. The van der Waals surface area contributed by atoms with Gasteiger partial charge in [-0.15, -0.1) is 0 Å². The summed E-state index contributed by atoms with van der Waals surface area (Å²) in [7, 11) is 0. The van der Waals surface area contributed by atoms with E-state index >= 15 is 0 Å². The predicted octanol–water partition coefficient (Wildman–Crippen LogP) is 5.54. The molecule has 0 aromatic heterocycles. The van der Waals surface area contributed by atoms with Crippen LogP contribution in [-0.4, -0.2) is 0 Å². The molecule has 110 valence electrons. The fourth-order valence-electron chi connectivity index (χ4n) is 4.24. The minimum Gasteiger partial charge on any atom is -0.207 e. The zero-order valence-corrected chi connectivity index (χ0v) is 12.9. The fraction of sp³-hybridized carbons (Fsp3) is 0.368. The second kappa shape index (κ2) is 4.66. The van der Waals surface area contributed by atoms with Crippen LogP contribution >= 0.6 is 0 Å². The van der Waals surface area contributed by atoms with Crippen molar-refractivity contribution in [1.82, 2.24) is 0 Å². The van der Waals surface area contributed by atoms with Crippen molar-refractivity contribution in [3.05, 3.63) is 59.2 Å². The van der Waals surface area contributed by atoms with E-state index in [0.717, 1.165) is 22.3 Å². The third-order valence-electron chi connectivity index (χ3n) is 4.97. The molecule has 0 saturated carbocycles. The first-order valence-electron chi connectivity index (χ1n) is 7.49. The standard InChI is InChI=1S/C19H20F2/c1-11(2)19(12(3)4)17-9-13(20)5-7-15(17)16-8-6-14(21)10-18(16)19/h5-12H,1-4H3. The lowest BCUT2D eigenvalue weighted by Gasteiger charge is -2.40. The first-order chi connectivity index (χ1) is 9.88. The fourth-order valence-corrected chi connectivity index (χ4v) is 4.24. The van der Waals surface area contributed by atoms with Crippen molar-refractivity contribution >= 4 is 0 Å². The third kappa shape index (κ3) is 1.78. The van der Waals surface area contributed by atoms with Gasteiger partial charge in [0.25, 0.3) is 0 Å². The number of halogens is 2. The second-order valence-corrected chi connectivity index (χ2v) is 6.56. The Morgan fingerprint density at radius 3 is 1.43 bits per heavy atom. The van der Waals surface area contributed by atoms with E-state index in [-0.39, 0.29) is 28.9 Å². The average molecular weight is 286 g/mol. The zero-order chi connectivity index (χ0) is 15.4. The van der Waals surface area contributed by atoms with Crippen LogP contribution < -0.4 is 0 Å². The summed E-state index contributed by atoms with van der Waals surface area (Å²) >= 11 is 0. The van der Waals surface area contributed by atoms with Crippen LogP contribution in [0.5, 0.6) is 0 Å². The van der Waals surface area contributed by atoms with Gasteiger partial charge < -0.3 is 0 Å². The van der Waals surface area contributed by atoms with Crippen LogP contribution in [0, 0.1) is 23.5 Å². The van der Waals surface area contributed by atoms with Gasteiger partial charge in [0.1, 0.15) is 11.6 Å². The number of rotatable bonds is 2. The minimum absolute atomic E-state index is 0.229. The molecule has 0 aliphatic heterocycles. The highest BCUT2D eigenvalue weighted by Crippen LogP contribution is 2.56. The van der Waals surface area contributed by atoms with E-state index in [9.17, 15) is 8.78 Å². The molecule has 0 radical (unpaired) electrons. The molecule has 2 aromatic rings. The summed E-state index contributed by atoms with van der Waals surface area (Å²) in [5.74, 6) is 0.0441. The number of fused-ring (bicyclic) bond motifs is 3. The molecular weight excluding hydrogens is 266 g/mol. The van der Waals surface area contributed by atoms with Crippen molar-refractivity contribution in [3.63, 3.8) is 0 Å². The average Bonchev–Trinajstić information content (AvgIpc) is 2.67. The molecule has 1 aliphatic rings. The Bertz CT molecular complexity index is 637. The van der Waals surface area contributed by atoms with Gasteiger partial charge in [0.2, 0.25) is 0 Å². The third-order valence-corrected chi connectivity index (χ3v) is 4.97. The Labute approximate surface area is 124 Å². The van der Waals surface area contributed by atoms with Crippen LogP contribution in [0.1, 0.15) is 38.8 Å². The Kier molecular flexibility index (Phi) is 3.16. The van der Waals surface area contributed by atoms with Gasteiger partial charge in [-0.25, -0.2) is 8.78 Å². The van der Waals surface area contributed by atoms with Gasteiger partial charge in [0.05, 0.1) is 0 Å². The van der Waals surface area contributed by atoms with E-state index in [1.165, 1.54) is 12.1 Å². The summed E-state index contributed by atoms with van der Waals surface area (Å²) in [6, 6.07) is 9.90. The second-order valence-electron chi connectivity index (χ2n) is 6.56. The number of hydrogen-bond donors (Lipinski definition) is 0. The van der Waals surface area contributed by atoms with E-state index in [0.29, 0.717) is 0 Å². The SMILES string of the molecule is CC(C)C1(C(C)C)c2cc(F)ccc2-c2ccc(F)cc21. The smallest absolute Gasteiger partial charge is 0.123 e. The normalized spacial score (nSPS) is 15.4. The molecule has 0 nitrogen and oxygen atoms in total. The summed E-state index contributed by atoms with van der Waals surface area (Å²) in [5, 5.41) is 0. The highest BCUT2D eigenvalue weighted by Gasteiger charge is 2.48. The number of benzene rings is 2. The van der Waals surface area contributed by atoms with Crippen molar-refractivity contribution in [3.8, 4) is 11.1 Å². The Hall–Kier alpha value is -1.70. The molecule has 21 heavy (non-hydrogen) atoms. The molecule has 0 N–H and O–H groups in total. The molecule has 2 heteroatoms. The van der Waals surface area contributed by atoms with Gasteiger partial charge in [0, 0.05) is 5.41 Å². The summed E-state index contributed by atoms with van der Waals surface area (Å²) in [4.78, 5) is 0. The van der Waals surface area contributed by atoms with Gasteiger partial charge in [-0.2, -0.15) is 0 Å². The quantitative estimate of drug-likeness (QED) is 0.679. The maximum Gasteiger partial charge on any atom is 0.123 e. The molecular formula is C19H20F2. The molecule has 0 heterocycles. The molecule has 2 aromatic carbocycles. The van der Waals surface area contributed by atoms with Gasteiger partial charge in [0.15, 0.2) is 0 Å². The van der Waals surface area contributed by atoms with E-state index in [1.807, 2.05) is 12.1 Å². The van der Waals surface area contributed by atoms with E-state index in [2.05, 4.69) is 27.7 Å². The predicted molar refractivity (Wildman–Crippen MR) is 82.3 cm³/mol. The van der Waals surface area contributed by atoms with Crippen LogP contribution in [0.15, 0.2) is 36.4 Å². The van der Waals surface area contributed by atoms with Gasteiger partial charge in [-0.3, -0.25) is 0 Å². The molecule has 0 spiro atoms. The summed E-state index contributed by atoms with van der Waals surface area (Å²) in [5.41, 5.74) is 3.72. The first kappa shape index (κ1) is 14.2. The molecule has 0 saturated heterocycles. The van der Waals surface area contributed by atoms with E-state index in [4.69, 9.17) is 0 Å². The van der Waals surface area contributed by atoms with Crippen molar-refractivity contribution in [2.24, 2.45) is 11.8 Å². The topological polar surface area (TPSA) is 0 Å².